The highest BCUT2D eigenvalue weighted by molar-refractivity contribution is 7.92. The number of sulfonamides is 1. The molecular formula is C29H31Cl4N3O4S. The second-order valence-electron chi connectivity index (χ2n) is 9.74. The van der Waals surface area contributed by atoms with Gasteiger partial charge in [0.05, 0.1) is 20.6 Å². The highest BCUT2D eigenvalue weighted by Gasteiger charge is 2.35. The molecule has 0 aliphatic carbocycles. The normalized spacial score (nSPS) is 12.2. The number of nitrogens with zero attached hydrogens (tertiary/aromatic N) is 2. The van der Waals surface area contributed by atoms with E-state index >= 15 is 0 Å². The van der Waals surface area contributed by atoms with E-state index in [0.29, 0.717) is 15.6 Å². The molecule has 2 amide bonds. The third-order valence-electron chi connectivity index (χ3n) is 6.26. The lowest BCUT2D eigenvalue weighted by Gasteiger charge is -2.34. The van der Waals surface area contributed by atoms with Crippen LogP contribution in [0.4, 0.5) is 5.69 Å². The summed E-state index contributed by atoms with van der Waals surface area (Å²) in [5.74, 6) is -1.02. The van der Waals surface area contributed by atoms with Crippen molar-refractivity contribution in [1.82, 2.24) is 10.2 Å². The molecular weight excluding hydrogens is 628 g/mol. The van der Waals surface area contributed by atoms with Crippen molar-refractivity contribution in [3.8, 4) is 0 Å². The molecule has 0 bridgehead atoms. The summed E-state index contributed by atoms with van der Waals surface area (Å²) in [6, 6.07) is 14.5. The number of amides is 2. The molecule has 0 heterocycles. The Labute approximate surface area is 261 Å². The van der Waals surface area contributed by atoms with Crippen LogP contribution in [-0.4, -0.2) is 43.8 Å². The number of anilines is 1. The van der Waals surface area contributed by atoms with Gasteiger partial charge < -0.3 is 10.2 Å². The van der Waals surface area contributed by atoms with Crippen LogP contribution in [0.1, 0.15) is 38.3 Å². The highest BCUT2D eigenvalue weighted by Crippen LogP contribution is 2.36. The van der Waals surface area contributed by atoms with Crippen LogP contribution < -0.4 is 9.62 Å². The Kier molecular flexibility index (Phi) is 11.4. The van der Waals surface area contributed by atoms with E-state index in [9.17, 15) is 18.0 Å². The molecule has 3 aromatic carbocycles. The molecule has 1 atom stereocenters. The van der Waals surface area contributed by atoms with Crippen molar-refractivity contribution in [2.45, 2.75) is 57.6 Å². The number of halogens is 4. The molecule has 12 heteroatoms. The number of carbonyl (C=O) groups excluding carboxylic acids is 2. The molecule has 0 aromatic heterocycles. The van der Waals surface area contributed by atoms with Crippen molar-refractivity contribution >= 4 is 73.9 Å². The minimum absolute atomic E-state index is 0.0252. The van der Waals surface area contributed by atoms with Crippen LogP contribution in [0.2, 0.25) is 20.1 Å². The first-order valence-corrected chi connectivity index (χ1v) is 15.8. The number of hydrogen-bond donors (Lipinski definition) is 1. The largest absolute Gasteiger partial charge is 0.352 e. The summed E-state index contributed by atoms with van der Waals surface area (Å²) in [6.07, 6.45) is 0.262. The fourth-order valence-electron chi connectivity index (χ4n) is 4.17. The van der Waals surface area contributed by atoms with Crippen LogP contribution in [0.3, 0.4) is 0 Å². The van der Waals surface area contributed by atoms with Crippen molar-refractivity contribution in [3.63, 3.8) is 0 Å². The van der Waals surface area contributed by atoms with E-state index in [1.165, 1.54) is 35.2 Å². The van der Waals surface area contributed by atoms with Gasteiger partial charge in [-0.1, -0.05) is 83.2 Å². The molecule has 0 aliphatic rings. The van der Waals surface area contributed by atoms with Gasteiger partial charge in [0.2, 0.25) is 11.8 Å². The maximum Gasteiger partial charge on any atom is 0.264 e. The molecule has 1 N–H and O–H groups in total. The predicted octanol–water partition coefficient (Wildman–Crippen LogP) is 7.14. The summed E-state index contributed by atoms with van der Waals surface area (Å²) in [6.45, 7) is 6.49. The Morgan fingerprint density at radius 1 is 0.927 bits per heavy atom. The molecule has 220 valence electrons. The number of benzene rings is 3. The third-order valence-corrected chi connectivity index (χ3v) is 9.43. The molecule has 41 heavy (non-hydrogen) atoms. The molecule has 3 aromatic rings. The summed E-state index contributed by atoms with van der Waals surface area (Å²) in [5.41, 5.74) is 1.42. The van der Waals surface area contributed by atoms with E-state index in [1.54, 1.807) is 37.3 Å². The van der Waals surface area contributed by atoms with Gasteiger partial charge in [-0.3, -0.25) is 13.9 Å². The Morgan fingerprint density at radius 3 is 2.17 bits per heavy atom. The Balaban J connectivity index is 2.13. The van der Waals surface area contributed by atoms with E-state index in [2.05, 4.69) is 5.32 Å². The maximum atomic E-state index is 14.1. The van der Waals surface area contributed by atoms with Crippen LogP contribution in [-0.2, 0) is 26.2 Å². The van der Waals surface area contributed by atoms with Gasteiger partial charge >= 0.3 is 0 Å². The third kappa shape index (κ3) is 8.08. The molecule has 0 aliphatic heterocycles. The quantitative estimate of drug-likeness (QED) is 0.237. The Hall–Kier alpha value is -2.49. The smallest absolute Gasteiger partial charge is 0.264 e. The lowest BCUT2D eigenvalue weighted by Crippen LogP contribution is -2.53. The van der Waals surface area contributed by atoms with E-state index in [0.717, 1.165) is 9.87 Å². The van der Waals surface area contributed by atoms with Gasteiger partial charge in [-0.2, -0.15) is 0 Å². The first kappa shape index (κ1) is 33.0. The molecule has 3 rings (SSSR count). The summed E-state index contributed by atoms with van der Waals surface area (Å²) < 4.78 is 28.9. The van der Waals surface area contributed by atoms with Gasteiger partial charge in [-0.25, -0.2) is 8.42 Å². The lowest BCUT2D eigenvalue weighted by atomic mass is 10.1. The first-order valence-electron chi connectivity index (χ1n) is 12.8. The van der Waals surface area contributed by atoms with E-state index in [-0.39, 0.29) is 45.5 Å². The average Bonchev–Trinajstić information content (AvgIpc) is 2.90. The zero-order valence-electron chi connectivity index (χ0n) is 23.0. The van der Waals surface area contributed by atoms with Crippen LogP contribution in [0.25, 0.3) is 0 Å². The topological polar surface area (TPSA) is 86.8 Å². The molecule has 0 radical (unpaired) electrons. The van der Waals surface area contributed by atoms with Gasteiger partial charge in [0.15, 0.2) is 0 Å². The Bertz CT molecular complexity index is 1510. The molecule has 7 nitrogen and oxygen atoms in total. The number of rotatable bonds is 11. The summed E-state index contributed by atoms with van der Waals surface area (Å²) >= 11 is 25.2. The molecule has 0 saturated heterocycles. The fraction of sp³-hybridized carbons (Fsp3) is 0.310. The van der Waals surface area contributed by atoms with Crippen LogP contribution in [0, 0.1) is 6.92 Å². The van der Waals surface area contributed by atoms with Crippen molar-refractivity contribution in [3.05, 3.63) is 91.9 Å². The maximum absolute atomic E-state index is 14.1. The number of hydrogen-bond acceptors (Lipinski definition) is 4. The standard InChI is InChI=1S/C29H31Cl4N3O4S/c1-5-25(29(38)34-18(2)3)35(16-20-11-12-21(30)15-24(20)32)27(37)17-36(26-8-6-7-23(31)28(26)33)41(39,40)22-13-9-19(4)10-14-22/h6-15,18,25H,5,16-17H2,1-4H3,(H,34,38). The number of carbonyl (C=O) groups is 2. The molecule has 0 saturated carbocycles. The van der Waals surface area contributed by atoms with Crippen LogP contribution in [0.15, 0.2) is 65.6 Å². The second kappa shape index (κ2) is 14.1. The zero-order valence-corrected chi connectivity index (χ0v) is 26.8. The predicted molar refractivity (Wildman–Crippen MR) is 167 cm³/mol. The monoisotopic (exact) mass is 657 g/mol. The first-order chi connectivity index (χ1) is 19.3. The van der Waals surface area contributed by atoms with Crippen molar-refractivity contribution in [2.75, 3.05) is 10.8 Å². The average molecular weight is 659 g/mol. The van der Waals surface area contributed by atoms with Gasteiger partial charge in [0.25, 0.3) is 10.0 Å². The minimum Gasteiger partial charge on any atom is -0.352 e. The zero-order chi connectivity index (χ0) is 30.5. The number of nitrogens with one attached hydrogen (secondary N) is 1. The van der Waals surface area contributed by atoms with E-state index in [4.69, 9.17) is 46.4 Å². The molecule has 0 spiro atoms. The van der Waals surface area contributed by atoms with Gasteiger partial charge in [-0.15, -0.1) is 0 Å². The van der Waals surface area contributed by atoms with E-state index < -0.39 is 28.5 Å². The SMILES string of the molecule is CCC(C(=O)NC(C)C)N(Cc1ccc(Cl)cc1Cl)C(=O)CN(c1cccc(Cl)c1Cl)S(=O)(=O)c1ccc(C)cc1. The van der Waals surface area contributed by atoms with E-state index in [1.807, 2.05) is 20.8 Å². The molecule has 1 unspecified atom stereocenters. The van der Waals surface area contributed by atoms with Gasteiger partial charge in [0.1, 0.15) is 12.6 Å². The minimum atomic E-state index is -4.30. The fourth-order valence-corrected chi connectivity index (χ4v) is 6.51. The number of aryl methyl sites for hydroxylation is 1. The van der Waals surface area contributed by atoms with Crippen molar-refractivity contribution in [1.29, 1.82) is 0 Å². The lowest BCUT2D eigenvalue weighted by molar-refractivity contribution is -0.140. The summed E-state index contributed by atoms with van der Waals surface area (Å²) in [7, 11) is -4.30. The molecule has 0 fully saturated rings. The highest BCUT2D eigenvalue weighted by atomic mass is 35.5. The van der Waals surface area contributed by atoms with Crippen molar-refractivity contribution in [2.24, 2.45) is 0 Å². The summed E-state index contributed by atoms with van der Waals surface area (Å²) in [5, 5.41) is 3.64. The van der Waals surface area contributed by atoms with Crippen LogP contribution >= 0.6 is 46.4 Å². The van der Waals surface area contributed by atoms with Gasteiger partial charge in [0, 0.05) is 22.6 Å². The van der Waals surface area contributed by atoms with Gasteiger partial charge in [-0.05, 0) is 69.2 Å². The summed E-state index contributed by atoms with van der Waals surface area (Å²) in [4.78, 5) is 28.6. The second-order valence-corrected chi connectivity index (χ2v) is 13.2. The van der Waals surface area contributed by atoms with Crippen molar-refractivity contribution < 1.29 is 18.0 Å². The Morgan fingerprint density at radius 2 is 1.59 bits per heavy atom. The van der Waals surface area contributed by atoms with Crippen LogP contribution in [0.5, 0.6) is 0 Å².